The van der Waals surface area contributed by atoms with Crippen molar-refractivity contribution in [2.45, 2.75) is 32.6 Å². The standard InChI is InChI=1S/C15H23N/c1-13-7-8-15(11-13)12-16-10-9-14-5-3-2-4-6-14/h2-6,13,15-16H,7-12H2,1H3. The van der Waals surface area contributed by atoms with Gasteiger partial charge in [-0.3, -0.25) is 0 Å². The van der Waals surface area contributed by atoms with Crippen molar-refractivity contribution < 1.29 is 0 Å². The zero-order valence-electron chi connectivity index (χ0n) is 10.3. The molecule has 1 aliphatic carbocycles. The molecule has 1 saturated carbocycles. The first-order valence-electron chi connectivity index (χ1n) is 6.59. The predicted molar refractivity (Wildman–Crippen MR) is 69.5 cm³/mol. The van der Waals surface area contributed by atoms with Crippen LogP contribution in [0.4, 0.5) is 0 Å². The topological polar surface area (TPSA) is 12.0 Å². The van der Waals surface area contributed by atoms with Crippen molar-refractivity contribution >= 4 is 0 Å². The number of rotatable bonds is 5. The van der Waals surface area contributed by atoms with Crippen LogP contribution < -0.4 is 5.32 Å². The molecule has 0 heterocycles. The van der Waals surface area contributed by atoms with Gasteiger partial charge in [0.15, 0.2) is 0 Å². The van der Waals surface area contributed by atoms with E-state index < -0.39 is 0 Å². The first-order valence-corrected chi connectivity index (χ1v) is 6.59. The van der Waals surface area contributed by atoms with Crippen LogP contribution in [0.1, 0.15) is 31.7 Å². The maximum absolute atomic E-state index is 3.60. The highest BCUT2D eigenvalue weighted by Crippen LogP contribution is 2.29. The second-order valence-corrected chi connectivity index (χ2v) is 5.22. The van der Waals surface area contributed by atoms with Gasteiger partial charge < -0.3 is 5.32 Å². The zero-order valence-corrected chi connectivity index (χ0v) is 10.3. The summed E-state index contributed by atoms with van der Waals surface area (Å²) < 4.78 is 0. The molecule has 0 aromatic heterocycles. The van der Waals surface area contributed by atoms with Gasteiger partial charge in [0.2, 0.25) is 0 Å². The highest BCUT2D eigenvalue weighted by molar-refractivity contribution is 5.14. The molecule has 0 spiro atoms. The van der Waals surface area contributed by atoms with Gasteiger partial charge in [-0.15, -0.1) is 0 Å². The fraction of sp³-hybridized carbons (Fsp3) is 0.600. The van der Waals surface area contributed by atoms with Crippen LogP contribution in [0.2, 0.25) is 0 Å². The first kappa shape index (κ1) is 11.7. The quantitative estimate of drug-likeness (QED) is 0.747. The second-order valence-electron chi connectivity index (χ2n) is 5.22. The van der Waals surface area contributed by atoms with Crippen LogP contribution in [0.25, 0.3) is 0 Å². The van der Waals surface area contributed by atoms with Crippen LogP contribution in [0, 0.1) is 11.8 Å². The maximum Gasteiger partial charge on any atom is -0.000824 e. The van der Waals surface area contributed by atoms with Crippen LogP contribution in [0.5, 0.6) is 0 Å². The summed E-state index contributed by atoms with van der Waals surface area (Å²) in [6.07, 6.45) is 5.45. The first-order chi connectivity index (χ1) is 7.84. The minimum Gasteiger partial charge on any atom is -0.316 e. The summed E-state index contributed by atoms with van der Waals surface area (Å²) in [5.74, 6) is 1.90. The fourth-order valence-corrected chi connectivity index (χ4v) is 2.69. The molecule has 2 unspecified atom stereocenters. The molecule has 1 nitrogen and oxygen atoms in total. The van der Waals surface area contributed by atoms with E-state index in [4.69, 9.17) is 0 Å². The summed E-state index contributed by atoms with van der Waals surface area (Å²) in [5, 5.41) is 3.60. The minimum atomic E-state index is 0.936. The monoisotopic (exact) mass is 217 g/mol. The number of benzene rings is 1. The van der Waals surface area contributed by atoms with Crippen molar-refractivity contribution in [1.29, 1.82) is 0 Å². The van der Waals surface area contributed by atoms with Gasteiger partial charge in [-0.1, -0.05) is 43.7 Å². The van der Waals surface area contributed by atoms with Gasteiger partial charge >= 0.3 is 0 Å². The Hall–Kier alpha value is -0.820. The average Bonchev–Trinajstić information content (AvgIpc) is 2.72. The SMILES string of the molecule is CC1CCC(CNCCc2ccccc2)C1. The van der Waals surface area contributed by atoms with Crippen molar-refractivity contribution in [3.63, 3.8) is 0 Å². The van der Waals surface area contributed by atoms with E-state index in [0.717, 1.165) is 24.8 Å². The molecule has 0 radical (unpaired) electrons. The molecule has 1 aromatic rings. The van der Waals surface area contributed by atoms with Crippen LogP contribution in [0.3, 0.4) is 0 Å². The van der Waals surface area contributed by atoms with E-state index in [-0.39, 0.29) is 0 Å². The third-order valence-corrected chi connectivity index (χ3v) is 3.67. The Bertz CT molecular complexity index is 294. The summed E-state index contributed by atoms with van der Waals surface area (Å²) in [5.41, 5.74) is 1.44. The molecule has 2 rings (SSSR count). The largest absolute Gasteiger partial charge is 0.316 e. The lowest BCUT2D eigenvalue weighted by molar-refractivity contribution is 0.473. The molecule has 1 fully saturated rings. The maximum atomic E-state index is 3.60. The van der Waals surface area contributed by atoms with Gasteiger partial charge in [-0.25, -0.2) is 0 Å². The lowest BCUT2D eigenvalue weighted by atomic mass is 10.1. The van der Waals surface area contributed by atoms with E-state index in [0.29, 0.717) is 0 Å². The molecule has 88 valence electrons. The Morgan fingerprint density at radius 2 is 2.00 bits per heavy atom. The van der Waals surface area contributed by atoms with Crippen LogP contribution in [0.15, 0.2) is 30.3 Å². The molecule has 2 atom stereocenters. The van der Waals surface area contributed by atoms with Gasteiger partial charge in [-0.05, 0) is 49.8 Å². The summed E-state index contributed by atoms with van der Waals surface area (Å²) >= 11 is 0. The smallest absolute Gasteiger partial charge is 0.000824 e. The molecule has 0 saturated heterocycles. The van der Waals surface area contributed by atoms with Gasteiger partial charge in [0.1, 0.15) is 0 Å². The minimum absolute atomic E-state index is 0.936. The molecule has 1 aromatic carbocycles. The predicted octanol–water partition coefficient (Wildman–Crippen LogP) is 3.25. The van der Waals surface area contributed by atoms with E-state index in [2.05, 4.69) is 42.6 Å². The van der Waals surface area contributed by atoms with Gasteiger partial charge in [-0.2, -0.15) is 0 Å². The Kier molecular flexibility index (Phi) is 4.41. The molecule has 0 amide bonds. The number of hydrogen-bond donors (Lipinski definition) is 1. The van der Waals surface area contributed by atoms with Crippen molar-refractivity contribution in [3.05, 3.63) is 35.9 Å². The molecular weight excluding hydrogens is 194 g/mol. The van der Waals surface area contributed by atoms with E-state index >= 15 is 0 Å². The third kappa shape index (κ3) is 3.64. The molecular formula is C15H23N. The van der Waals surface area contributed by atoms with E-state index in [1.54, 1.807) is 0 Å². The highest BCUT2D eigenvalue weighted by atomic mass is 14.9. The summed E-state index contributed by atoms with van der Waals surface area (Å²) in [6.45, 7) is 4.72. The van der Waals surface area contributed by atoms with Crippen LogP contribution >= 0.6 is 0 Å². The number of nitrogens with one attached hydrogen (secondary N) is 1. The number of hydrogen-bond acceptors (Lipinski definition) is 1. The molecule has 16 heavy (non-hydrogen) atoms. The molecule has 1 aliphatic rings. The van der Waals surface area contributed by atoms with E-state index in [1.165, 1.54) is 31.4 Å². The lowest BCUT2D eigenvalue weighted by Gasteiger charge is -2.10. The van der Waals surface area contributed by atoms with Crippen molar-refractivity contribution in [3.8, 4) is 0 Å². The molecule has 0 aliphatic heterocycles. The molecule has 1 heteroatoms. The lowest BCUT2D eigenvalue weighted by Crippen LogP contribution is -2.23. The summed E-state index contributed by atoms with van der Waals surface area (Å²) in [6, 6.07) is 10.7. The Balaban J connectivity index is 1.59. The normalized spacial score (nSPS) is 24.8. The Morgan fingerprint density at radius 1 is 1.19 bits per heavy atom. The Labute approximate surface area is 99.3 Å². The fourth-order valence-electron chi connectivity index (χ4n) is 2.69. The molecule has 1 N–H and O–H groups in total. The van der Waals surface area contributed by atoms with E-state index in [1.807, 2.05) is 0 Å². The molecule has 0 bridgehead atoms. The van der Waals surface area contributed by atoms with Crippen molar-refractivity contribution in [2.75, 3.05) is 13.1 Å². The van der Waals surface area contributed by atoms with Crippen LogP contribution in [-0.4, -0.2) is 13.1 Å². The second kappa shape index (κ2) is 6.05. The highest BCUT2D eigenvalue weighted by Gasteiger charge is 2.20. The van der Waals surface area contributed by atoms with E-state index in [9.17, 15) is 0 Å². The van der Waals surface area contributed by atoms with Crippen molar-refractivity contribution in [1.82, 2.24) is 5.32 Å². The van der Waals surface area contributed by atoms with Gasteiger partial charge in [0.05, 0.1) is 0 Å². The van der Waals surface area contributed by atoms with Crippen molar-refractivity contribution in [2.24, 2.45) is 11.8 Å². The average molecular weight is 217 g/mol. The summed E-state index contributed by atoms with van der Waals surface area (Å²) in [4.78, 5) is 0. The zero-order chi connectivity index (χ0) is 11.2. The summed E-state index contributed by atoms with van der Waals surface area (Å²) in [7, 11) is 0. The van der Waals surface area contributed by atoms with Gasteiger partial charge in [0, 0.05) is 0 Å². The third-order valence-electron chi connectivity index (χ3n) is 3.67. The Morgan fingerprint density at radius 3 is 2.69 bits per heavy atom. The van der Waals surface area contributed by atoms with Crippen LogP contribution in [-0.2, 0) is 6.42 Å². The van der Waals surface area contributed by atoms with Gasteiger partial charge in [0.25, 0.3) is 0 Å².